The molecule has 1 aliphatic rings. The van der Waals surface area contributed by atoms with Gasteiger partial charge < -0.3 is 5.11 Å². The van der Waals surface area contributed by atoms with Crippen LogP contribution in [-0.2, 0) is 5.75 Å². The number of nitrogens with zero attached hydrogens (tertiary/aromatic N) is 2. The molecule has 0 unspecified atom stereocenters. The van der Waals surface area contributed by atoms with Crippen molar-refractivity contribution < 1.29 is 9.90 Å². The van der Waals surface area contributed by atoms with Crippen LogP contribution in [0.2, 0.25) is 0 Å². The molecule has 0 spiro atoms. The van der Waals surface area contributed by atoms with Crippen LogP contribution >= 0.6 is 27.7 Å². The normalized spacial score (nSPS) is 14.1. The number of halogens is 1. The molecule has 1 N–H and O–H groups in total. The number of hydrogen-bond acceptors (Lipinski definition) is 4. The zero-order valence-corrected chi connectivity index (χ0v) is 13.5. The summed E-state index contributed by atoms with van der Waals surface area (Å²) in [5.41, 5.74) is 0.941. The molecule has 0 atom stereocenters. The standard InChI is InChI=1S/C15H13BrN2O2S/c16-10-2-1-3-11(6-10)21-8-13-17-7-12(15(19)20)14(18-13)9-4-5-9/h1-3,6-7,9H,4-5,8H2,(H,19,20). The van der Waals surface area contributed by atoms with Gasteiger partial charge in [0.1, 0.15) is 5.82 Å². The SMILES string of the molecule is O=C(O)c1cnc(CSc2cccc(Br)c2)nc1C1CC1. The Kier molecular flexibility index (Phi) is 4.26. The molecule has 1 heterocycles. The van der Waals surface area contributed by atoms with E-state index in [2.05, 4.69) is 25.9 Å². The van der Waals surface area contributed by atoms with E-state index in [1.165, 1.54) is 6.20 Å². The Bertz CT molecular complexity index is 689. The molecule has 1 saturated carbocycles. The maximum absolute atomic E-state index is 11.2. The second kappa shape index (κ2) is 6.15. The maximum Gasteiger partial charge on any atom is 0.339 e. The van der Waals surface area contributed by atoms with Crippen LogP contribution in [0.25, 0.3) is 0 Å². The fourth-order valence-corrected chi connectivity index (χ4v) is 3.41. The number of benzene rings is 1. The average molecular weight is 365 g/mol. The lowest BCUT2D eigenvalue weighted by atomic mass is 10.1. The third-order valence-electron chi connectivity index (χ3n) is 3.23. The third-order valence-corrected chi connectivity index (χ3v) is 4.71. The predicted octanol–water partition coefficient (Wildman–Crippen LogP) is 4.11. The van der Waals surface area contributed by atoms with Crippen LogP contribution in [0, 0.1) is 0 Å². The van der Waals surface area contributed by atoms with Crippen molar-refractivity contribution in [2.75, 3.05) is 0 Å². The van der Waals surface area contributed by atoms with Crippen LogP contribution in [0.3, 0.4) is 0 Å². The zero-order chi connectivity index (χ0) is 14.8. The minimum Gasteiger partial charge on any atom is -0.478 e. The van der Waals surface area contributed by atoms with Crippen LogP contribution in [0.1, 0.15) is 40.6 Å². The highest BCUT2D eigenvalue weighted by Gasteiger charge is 2.30. The van der Waals surface area contributed by atoms with Crippen molar-refractivity contribution in [3.8, 4) is 0 Å². The van der Waals surface area contributed by atoms with Crippen molar-refractivity contribution in [1.29, 1.82) is 0 Å². The smallest absolute Gasteiger partial charge is 0.339 e. The van der Waals surface area contributed by atoms with Crippen LogP contribution in [0.5, 0.6) is 0 Å². The number of aromatic nitrogens is 2. The lowest BCUT2D eigenvalue weighted by Gasteiger charge is -2.06. The fraction of sp³-hybridized carbons (Fsp3) is 0.267. The first-order chi connectivity index (χ1) is 10.1. The second-order valence-corrected chi connectivity index (χ2v) is 6.88. The highest BCUT2D eigenvalue weighted by Crippen LogP contribution is 2.40. The van der Waals surface area contributed by atoms with Gasteiger partial charge in [-0.25, -0.2) is 14.8 Å². The number of carbonyl (C=O) groups is 1. The first kappa shape index (κ1) is 14.5. The molecule has 0 aliphatic heterocycles. The third kappa shape index (κ3) is 3.63. The van der Waals surface area contributed by atoms with Crippen LogP contribution in [0.4, 0.5) is 0 Å². The summed E-state index contributed by atoms with van der Waals surface area (Å²) in [5, 5.41) is 9.18. The van der Waals surface area contributed by atoms with Gasteiger partial charge in [0.25, 0.3) is 0 Å². The number of thioether (sulfide) groups is 1. The van der Waals surface area contributed by atoms with Gasteiger partial charge in [0.15, 0.2) is 0 Å². The Labute approximate surface area is 135 Å². The van der Waals surface area contributed by atoms with E-state index in [9.17, 15) is 9.90 Å². The van der Waals surface area contributed by atoms with Crippen molar-refractivity contribution in [1.82, 2.24) is 9.97 Å². The van der Waals surface area contributed by atoms with E-state index >= 15 is 0 Å². The molecule has 6 heteroatoms. The highest BCUT2D eigenvalue weighted by atomic mass is 79.9. The van der Waals surface area contributed by atoms with Gasteiger partial charge in [-0.2, -0.15) is 0 Å². The number of rotatable bonds is 5. The molecule has 1 aliphatic carbocycles. The molecule has 1 aromatic heterocycles. The summed E-state index contributed by atoms with van der Waals surface area (Å²) in [6.45, 7) is 0. The van der Waals surface area contributed by atoms with Crippen molar-refractivity contribution >= 4 is 33.7 Å². The lowest BCUT2D eigenvalue weighted by Crippen LogP contribution is -2.07. The van der Waals surface area contributed by atoms with Gasteiger partial charge in [-0.05, 0) is 31.0 Å². The molecule has 2 aromatic rings. The molecule has 0 saturated heterocycles. The molecule has 4 nitrogen and oxygen atoms in total. The molecule has 1 aromatic carbocycles. The number of hydrogen-bond donors (Lipinski definition) is 1. The first-order valence-electron chi connectivity index (χ1n) is 6.61. The topological polar surface area (TPSA) is 63.1 Å². The van der Waals surface area contributed by atoms with Crippen molar-refractivity contribution in [2.24, 2.45) is 0 Å². The van der Waals surface area contributed by atoms with E-state index in [0.717, 1.165) is 22.2 Å². The fourth-order valence-electron chi connectivity index (χ4n) is 2.04. The molecular formula is C15H13BrN2O2S. The molecule has 0 amide bonds. The van der Waals surface area contributed by atoms with E-state index in [1.807, 2.05) is 24.3 Å². The maximum atomic E-state index is 11.2. The van der Waals surface area contributed by atoms with Crippen LogP contribution in [0.15, 0.2) is 39.8 Å². The van der Waals surface area contributed by atoms with Crippen molar-refractivity contribution in [2.45, 2.75) is 29.4 Å². The molecule has 0 bridgehead atoms. The van der Waals surface area contributed by atoms with Gasteiger partial charge in [-0.15, -0.1) is 11.8 Å². The molecule has 1 fully saturated rings. The Balaban J connectivity index is 1.77. The summed E-state index contributed by atoms with van der Waals surface area (Å²) >= 11 is 5.08. The number of aromatic carboxylic acids is 1. The van der Waals surface area contributed by atoms with Gasteiger partial charge in [0.05, 0.1) is 17.0 Å². The zero-order valence-electron chi connectivity index (χ0n) is 11.1. The largest absolute Gasteiger partial charge is 0.478 e. The Morgan fingerprint density at radius 2 is 2.24 bits per heavy atom. The number of carboxylic acids is 1. The van der Waals surface area contributed by atoms with Gasteiger partial charge in [-0.3, -0.25) is 0 Å². The Hall–Kier alpha value is -1.40. The molecule has 108 valence electrons. The monoisotopic (exact) mass is 364 g/mol. The van der Waals surface area contributed by atoms with E-state index < -0.39 is 5.97 Å². The summed E-state index contributed by atoms with van der Waals surface area (Å²) < 4.78 is 1.04. The Morgan fingerprint density at radius 3 is 2.90 bits per heavy atom. The summed E-state index contributed by atoms with van der Waals surface area (Å²) in [5.74, 6) is 0.680. The van der Waals surface area contributed by atoms with Crippen molar-refractivity contribution in [3.63, 3.8) is 0 Å². The molecule has 0 radical (unpaired) electrons. The first-order valence-corrected chi connectivity index (χ1v) is 8.39. The summed E-state index contributed by atoms with van der Waals surface area (Å²) in [4.78, 5) is 21.0. The van der Waals surface area contributed by atoms with Crippen LogP contribution in [-0.4, -0.2) is 21.0 Å². The average Bonchev–Trinajstić information content (AvgIpc) is 3.29. The number of carboxylic acid groups (broad SMARTS) is 1. The Morgan fingerprint density at radius 1 is 1.43 bits per heavy atom. The second-order valence-electron chi connectivity index (χ2n) is 4.91. The van der Waals surface area contributed by atoms with Gasteiger partial charge in [-0.1, -0.05) is 22.0 Å². The molecule has 3 rings (SSSR count). The van der Waals surface area contributed by atoms with E-state index in [-0.39, 0.29) is 5.56 Å². The lowest BCUT2D eigenvalue weighted by molar-refractivity contribution is 0.0694. The van der Waals surface area contributed by atoms with E-state index in [0.29, 0.717) is 23.2 Å². The van der Waals surface area contributed by atoms with E-state index in [4.69, 9.17) is 0 Å². The van der Waals surface area contributed by atoms with E-state index in [1.54, 1.807) is 11.8 Å². The van der Waals surface area contributed by atoms with Gasteiger partial charge >= 0.3 is 5.97 Å². The minimum atomic E-state index is -0.942. The summed E-state index contributed by atoms with van der Waals surface area (Å²) in [7, 11) is 0. The van der Waals surface area contributed by atoms with Crippen LogP contribution < -0.4 is 0 Å². The quantitative estimate of drug-likeness (QED) is 0.808. The van der Waals surface area contributed by atoms with Crippen molar-refractivity contribution in [3.05, 3.63) is 52.0 Å². The summed E-state index contributed by atoms with van der Waals surface area (Å²) in [6.07, 6.45) is 3.49. The summed E-state index contributed by atoms with van der Waals surface area (Å²) in [6, 6.07) is 8.03. The highest BCUT2D eigenvalue weighted by molar-refractivity contribution is 9.10. The molecule has 21 heavy (non-hydrogen) atoms. The minimum absolute atomic E-state index is 0.244. The van der Waals surface area contributed by atoms with Gasteiger partial charge in [0, 0.05) is 21.5 Å². The predicted molar refractivity (Wildman–Crippen MR) is 84.7 cm³/mol. The molecular weight excluding hydrogens is 352 g/mol. The van der Waals surface area contributed by atoms with Gasteiger partial charge in [0.2, 0.25) is 0 Å².